The Morgan fingerprint density at radius 2 is 1.53 bits per heavy atom. The van der Waals surface area contributed by atoms with Gasteiger partial charge in [-0.2, -0.15) is 0 Å². The van der Waals surface area contributed by atoms with E-state index in [1.54, 1.807) is 6.20 Å². The summed E-state index contributed by atoms with van der Waals surface area (Å²) in [6.07, 6.45) is 3.35. The molecular weight excluding hydrogens is 454 g/mol. The monoisotopic (exact) mass is 479 g/mol. The fraction of sp³-hybridized carbons (Fsp3) is 0.172. The van der Waals surface area contributed by atoms with Crippen molar-refractivity contribution < 1.29 is 19.4 Å². The van der Waals surface area contributed by atoms with Crippen molar-refractivity contribution in [2.45, 2.75) is 31.3 Å². The Morgan fingerprint density at radius 3 is 2.14 bits per heavy atom. The quantitative estimate of drug-likeness (QED) is 0.325. The van der Waals surface area contributed by atoms with Gasteiger partial charge in [0.1, 0.15) is 12.4 Å². The number of benzene rings is 3. The summed E-state index contributed by atoms with van der Waals surface area (Å²) >= 11 is 0. The van der Waals surface area contributed by atoms with Crippen LogP contribution < -0.4 is 5.32 Å². The van der Waals surface area contributed by atoms with E-state index in [4.69, 9.17) is 4.74 Å². The second-order valence-corrected chi connectivity index (χ2v) is 8.91. The molecule has 1 fully saturated rings. The van der Waals surface area contributed by atoms with E-state index in [1.807, 2.05) is 85.8 Å². The molecule has 5 rings (SSSR count). The summed E-state index contributed by atoms with van der Waals surface area (Å²) in [6.45, 7) is 1.81. The number of amides is 1. The van der Waals surface area contributed by atoms with E-state index in [9.17, 15) is 14.7 Å². The van der Waals surface area contributed by atoms with Crippen LogP contribution in [0.3, 0.4) is 0 Å². The maximum absolute atomic E-state index is 12.5. The number of carbonyl (C=O) groups is 2. The highest BCUT2D eigenvalue weighted by atomic mass is 16.6. The first-order valence-electron chi connectivity index (χ1n) is 11.7. The Bertz CT molecular complexity index is 1380. The predicted molar refractivity (Wildman–Crippen MR) is 136 cm³/mol. The third kappa shape index (κ3) is 4.68. The third-order valence-corrected chi connectivity index (χ3v) is 6.59. The van der Waals surface area contributed by atoms with E-state index in [0.29, 0.717) is 24.2 Å². The lowest BCUT2D eigenvalue weighted by Gasteiger charge is -2.15. The van der Waals surface area contributed by atoms with Crippen LogP contribution in [0.25, 0.3) is 22.4 Å². The van der Waals surface area contributed by atoms with Gasteiger partial charge in [0, 0.05) is 5.56 Å². The van der Waals surface area contributed by atoms with Gasteiger partial charge >= 0.3 is 12.1 Å². The standard InChI is InChI=1S/C29H25N3O4/c1-19(20-5-3-2-4-6-20)36-28(35)32-25-17-30-18-31-26(25)23-9-7-21(8-10-23)22-11-13-24(14-12-22)29(15-16-29)27(33)34/h2-14,17-19H,15-16H2,1H3,(H,32,35)(H,33,34). The van der Waals surface area contributed by atoms with Crippen molar-refractivity contribution in [3.63, 3.8) is 0 Å². The highest BCUT2D eigenvalue weighted by Gasteiger charge is 2.51. The summed E-state index contributed by atoms with van der Waals surface area (Å²) in [6, 6.07) is 25.0. The zero-order chi connectivity index (χ0) is 25.1. The number of anilines is 1. The molecule has 7 nitrogen and oxygen atoms in total. The number of carboxylic acids is 1. The lowest BCUT2D eigenvalue weighted by Crippen LogP contribution is -2.19. The van der Waals surface area contributed by atoms with E-state index in [-0.39, 0.29) is 0 Å². The van der Waals surface area contributed by atoms with Gasteiger partial charge in [-0.05, 0) is 42.0 Å². The van der Waals surface area contributed by atoms with Crippen molar-refractivity contribution in [2.24, 2.45) is 0 Å². The summed E-state index contributed by atoms with van der Waals surface area (Å²) in [7, 11) is 0. The van der Waals surface area contributed by atoms with Gasteiger partial charge in [0.25, 0.3) is 0 Å². The largest absolute Gasteiger partial charge is 0.481 e. The molecule has 1 aliphatic rings. The van der Waals surface area contributed by atoms with Crippen LogP contribution in [-0.2, 0) is 14.9 Å². The topological polar surface area (TPSA) is 101 Å². The number of aromatic nitrogens is 2. The second-order valence-electron chi connectivity index (χ2n) is 8.91. The van der Waals surface area contributed by atoms with Crippen LogP contribution in [0.2, 0.25) is 0 Å². The molecule has 0 aliphatic heterocycles. The van der Waals surface area contributed by atoms with E-state index >= 15 is 0 Å². The predicted octanol–water partition coefficient (Wildman–Crippen LogP) is 6.24. The molecule has 7 heteroatoms. The highest BCUT2D eigenvalue weighted by molar-refractivity contribution is 5.90. The van der Waals surface area contributed by atoms with E-state index in [2.05, 4.69) is 15.3 Å². The fourth-order valence-corrected chi connectivity index (χ4v) is 4.30. The van der Waals surface area contributed by atoms with Crippen molar-refractivity contribution in [2.75, 3.05) is 5.32 Å². The molecule has 1 aromatic heterocycles. The maximum Gasteiger partial charge on any atom is 0.412 e. The zero-order valence-corrected chi connectivity index (χ0v) is 19.7. The second kappa shape index (κ2) is 9.62. The van der Waals surface area contributed by atoms with E-state index < -0.39 is 23.6 Å². The SMILES string of the molecule is CC(OC(=O)Nc1cncnc1-c1ccc(-c2ccc(C3(C(=O)O)CC3)cc2)cc1)c1ccccc1. The first kappa shape index (κ1) is 23.2. The number of aliphatic carboxylic acids is 1. The van der Waals surface area contributed by atoms with Gasteiger partial charge in [-0.3, -0.25) is 10.1 Å². The minimum atomic E-state index is -0.757. The Hall–Kier alpha value is -4.52. The van der Waals surface area contributed by atoms with Crippen molar-refractivity contribution in [3.8, 4) is 22.4 Å². The molecule has 1 unspecified atom stereocenters. The van der Waals surface area contributed by atoms with Crippen LogP contribution >= 0.6 is 0 Å². The Balaban J connectivity index is 1.30. The molecule has 0 radical (unpaired) electrons. The molecular formula is C29H25N3O4. The van der Waals surface area contributed by atoms with Gasteiger partial charge < -0.3 is 9.84 Å². The van der Waals surface area contributed by atoms with Gasteiger partial charge in [0.15, 0.2) is 0 Å². The summed E-state index contributed by atoms with van der Waals surface area (Å²) < 4.78 is 5.52. The lowest BCUT2D eigenvalue weighted by molar-refractivity contribution is -0.140. The molecule has 0 saturated heterocycles. The van der Waals surface area contributed by atoms with E-state index in [0.717, 1.165) is 27.8 Å². The average molecular weight is 480 g/mol. The number of hydrogen-bond donors (Lipinski definition) is 2. The first-order chi connectivity index (χ1) is 17.5. The Morgan fingerprint density at radius 1 is 0.917 bits per heavy atom. The van der Waals surface area contributed by atoms with Crippen LogP contribution in [-0.4, -0.2) is 27.1 Å². The summed E-state index contributed by atoms with van der Waals surface area (Å²) in [5.74, 6) is -0.757. The van der Waals surface area contributed by atoms with Crippen molar-refractivity contribution in [1.29, 1.82) is 0 Å². The zero-order valence-electron chi connectivity index (χ0n) is 19.7. The van der Waals surface area contributed by atoms with Crippen LogP contribution in [0.1, 0.15) is 37.0 Å². The number of hydrogen-bond acceptors (Lipinski definition) is 5. The third-order valence-electron chi connectivity index (χ3n) is 6.59. The number of carboxylic acid groups (broad SMARTS) is 1. The number of rotatable bonds is 7. The maximum atomic E-state index is 12.5. The minimum Gasteiger partial charge on any atom is -0.481 e. The minimum absolute atomic E-state index is 0.407. The molecule has 3 aromatic carbocycles. The number of ether oxygens (including phenoxy) is 1. The Kier molecular flexibility index (Phi) is 6.21. The summed E-state index contributed by atoms with van der Waals surface area (Å²) in [5.41, 5.74) is 4.86. The lowest BCUT2D eigenvalue weighted by atomic mass is 9.93. The molecule has 4 aromatic rings. The van der Waals surface area contributed by atoms with Crippen LogP contribution in [0, 0.1) is 0 Å². The normalized spacial score (nSPS) is 14.5. The number of carbonyl (C=O) groups excluding carboxylic acids is 1. The highest BCUT2D eigenvalue weighted by Crippen LogP contribution is 2.48. The molecule has 2 N–H and O–H groups in total. The molecule has 36 heavy (non-hydrogen) atoms. The smallest absolute Gasteiger partial charge is 0.412 e. The van der Waals surface area contributed by atoms with Gasteiger partial charge in [0.05, 0.1) is 23.0 Å². The number of nitrogens with zero attached hydrogens (tertiary/aromatic N) is 2. The van der Waals surface area contributed by atoms with Crippen LogP contribution in [0.5, 0.6) is 0 Å². The van der Waals surface area contributed by atoms with Crippen LogP contribution in [0.4, 0.5) is 10.5 Å². The van der Waals surface area contributed by atoms with Crippen LogP contribution in [0.15, 0.2) is 91.4 Å². The Labute approximate surface area is 208 Å². The molecule has 1 aliphatic carbocycles. The van der Waals surface area contributed by atoms with Crippen molar-refractivity contribution in [1.82, 2.24) is 9.97 Å². The average Bonchev–Trinajstić information content (AvgIpc) is 3.72. The summed E-state index contributed by atoms with van der Waals surface area (Å²) in [5, 5.41) is 12.3. The van der Waals surface area contributed by atoms with Crippen molar-refractivity contribution >= 4 is 17.7 Å². The molecule has 1 saturated carbocycles. The van der Waals surface area contributed by atoms with Gasteiger partial charge in [-0.1, -0.05) is 78.9 Å². The first-order valence-corrected chi connectivity index (χ1v) is 11.7. The van der Waals surface area contributed by atoms with Gasteiger partial charge in [-0.15, -0.1) is 0 Å². The molecule has 0 bridgehead atoms. The molecule has 1 amide bonds. The molecule has 180 valence electrons. The molecule has 1 heterocycles. The van der Waals surface area contributed by atoms with E-state index in [1.165, 1.54) is 6.33 Å². The van der Waals surface area contributed by atoms with Gasteiger partial charge in [-0.25, -0.2) is 14.8 Å². The fourth-order valence-electron chi connectivity index (χ4n) is 4.30. The molecule has 0 spiro atoms. The van der Waals surface area contributed by atoms with Gasteiger partial charge in [0.2, 0.25) is 0 Å². The molecule has 1 atom stereocenters. The summed E-state index contributed by atoms with van der Waals surface area (Å²) in [4.78, 5) is 32.5. The number of nitrogens with one attached hydrogen (secondary N) is 1. The van der Waals surface area contributed by atoms with Crippen molar-refractivity contribution in [3.05, 3.63) is 103 Å².